The third-order valence-corrected chi connectivity index (χ3v) is 5.96. The Morgan fingerprint density at radius 1 is 1.22 bits per heavy atom. The first-order valence-electron chi connectivity index (χ1n) is 9.15. The Hall–Kier alpha value is -2.37. The summed E-state index contributed by atoms with van der Waals surface area (Å²) in [6.07, 6.45) is 4.15. The molecule has 0 atom stereocenters. The van der Waals surface area contributed by atoms with Crippen LogP contribution in [0, 0.1) is 0 Å². The summed E-state index contributed by atoms with van der Waals surface area (Å²) >= 11 is 1.65. The lowest BCUT2D eigenvalue weighted by Gasteiger charge is -2.29. The van der Waals surface area contributed by atoms with Gasteiger partial charge in [0.25, 0.3) is 0 Å². The Morgan fingerprint density at radius 3 is 2.78 bits per heavy atom. The van der Waals surface area contributed by atoms with Gasteiger partial charge in [-0.05, 0) is 52.2 Å². The maximum Gasteiger partial charge on any atom is 0.197 e. The lowest BCUT2D eigenvalue weighted by molar-refractivity contribution is 0.159. The fraction of sp³-hybridized carbons (Fsp3) is 0.318. The smallest absolute Gasteiger partial charge is 0.197 e. The van der Waals surface area contributed by atoms with Gasteiger partial charge in [0.2, 0.25) is 0 Å². The minimum Gasteiger partial charge on any atom is -0.483 e. The maximum absolute atomic E-state index is 13.3. The molecule has 0 unspecified atom stereocenters. The molecule has 1 N–H and O–H groups in total. The molecular weight excluding hydrogens is 356 g/mol. The molecule has 0 amide bonds. The summed E-state index contributed by atoms with van der Waals surface area (Å²) < 4.78 is 8.20. The van der Waals surface area contributed by atoms with E-state index in [1.807, 2.05) is 58.3 Å². The number of fused-ring (bicyclic) bond motifs is 4. The van der Waals surface area contributed by atoms with Crippen molar-refractivity contribution in [1.82, 2.24) is 4.90 Å². The van der Waals surface area contributed by atoms with Gasteiger partial charge >= 0.3 is 0 Å². The summed E-state index contributed by atoms with van der Waals surface area (Å²) in [7, 11) is 4.08. The first-order valence-corrected chi connectivity index (χ1v) is 9.97. The van der Waals surface area contributed by atoms with Crippen LogP contribution in [0.15, 0.2) is 41.2 Å². The summed E-state index contributed by atoms with van der Waals surface area (Å²) in [4.78, 5) is 15.4. The van der Waals surface area contributed by atoms with Gasteiger partial charge in [0, 0.05) is 34.8 Å². The summed E-state index contributed by atoms with van der Waals surface area (Å²) in [5, 5.41) is 4.99. The molecule has 27 heavy (non-hydrogen) atoms. The number of nitrogens with one attached hydrogen (secondary N) is 1. The first kappa shape index (κ1) is 18.0. The highest BCUT2D eigenvalue weighted by molar-refractivity contribution is 7.24. The Balaban J connectivity index is 1.99. The van der Waals surface area contributed by atoms with Crippen molar-refractivity contribution < 1.29 is 4.74 Å². The van der Waals surface area contributed by atoms with E-state index in [9.17, 15) is 4.79 Å². The van der Waals surface area contributed by atoms with Crippen LogP contribution in [0.3, 0.4) is 0 Å². The van der Waals surface area contributed by atoms with Gasteiger partial charge in [0.05, 0.1) is 15.8 Å². The third-order valence-electron chi connectivity index (χ3n) is 4.75. The molecule has 0 bridgehead atoms. The second-order valence-corrected chi connectivity index (χ2v) is 8.79. The van der Waals surface area contributed by atoms with Crippen molar-refractivity contribution in [2.45, 2.75) is 19.4 Å². The van der Waals surface area contributed by atoms with E-state index in [-0.39, 0.29) is 11.0 Å². The molecule has 0 fully saturated rings. The highest BCUT2D eigenvalue weighted by Crippen LogP contribution is 2.42. The Morgan fingerprint density at radius 2 is 2.00 bits per heavy atom. The number of nitrogens with zero attached hydrogens (tertiary/aromatic N) is 1. The minimum absolute atomic E-state index is 0.0766. The van der Waals surface area contributed by atoms with E-state index in [0.717, 1.165) is 50.3 Å². The molecule has 4 rings (SSSR count). The van der Waals surface area contributed by atoms with Crippen LogP contribution in [0.4, 0.5) is 5.69 Å². The second-order valence-electron chi connectivity index (χ2n) is 7.74. The number of likely N-dealkylation sites (N-methyl/N-ethyl adjacent to an activating group) is 1. The van der Waals surface area contributed by atoms with Crippen LogP contribution in [0.1, 0.15) is 19.4 Å². The van der Waals surface area contributed by atoms with Gasteiger partial charge in [-0.3, -0.25) is 4.79 Å². The molecule has 1 aromatic heterocycles. The van der Waals surface area contributed by atoms with Crippen LogP contribution in [0.2, 0.25) is 0 Å². The molecule has 0 saturated carbocycles. The quantitative estimate of drug-likeness (QED) is 0.673. The maximum atomic E-state index is 13.3. The SMILES string of the molecule is CN(C)CCNc1cc2c(c3sc4ccccc4c(=O)c13)C=CC(C)(C)O2. The van der Waals surface area contributed by atoms with Gasteiger partial charge in [-0.1, -0.05) is 12.1 Å². The molecule has 0 radical (unpaired) electrons. The van der Waals surface area contributed by atoms with Crippen LogP contribution in [-0.4, -0.2) is 37.7 Å². The van der Waals surface area contributed by atoms with Crippen LogP contribution in [0.25, 0.3) is 26.2 Å². The van der Waals surface area contributed by atoms with Crippen molar-refractivity contribution in [3.05, 3.63) is 52.2 Å². The zero-order valence-corrected chi connectivity index (χ0v) is 16.9. The zero-order valence-electron chi connectivity index (χ0n) is 16.1. The molecule has 2 heterocycles. The zero-order chi connectivity index (χ0) is 19.2. The number of hydrogen-bond acceptors (Lipinski definition) is 5. The minimum atomic E-state index is -0.358. The van der Waals surface area contributed by atoms with Gasteiger partial charge < -0.3 is 15.0 Å². The topological polar surface area (TPSA) is 41.6 Å². The van der Waals surface area contributed by atoms with E-state index in [2.05, 4.69) is 22.4 Å². The second kappa shape index (κ2) is 6.66. The van der Waals surface area contributed by atoms with Crippen molar-refractivity contribution in [2.24, 2.45) is 0 Å². The number of ether oxygens (including phenoxy) is 1. The highest BCUT2D eigenvalue weighted by atomic mass is 32.1. The van der Waals surface area contributed by atoms with Crippen LogP contribution < -0.4 is 15.5 Å². The van der Waals surface area contributed by atoms with Crippen LogP contribution in [-0.2, 0) is 0 Å². The normalized spacial score (nSPS) is 15.1. The van der Waals surface area contributed by atoms with Gasteiger partial charge in [-0.25, -0.2) is 0 Å². The molecule has 3 aromatic rings. The Labute approximate surface area is 163 Å². The third kappa shape index (κ3) is 3.33. The van der Waals surface area contributed by atoms with Gasteiger partial charge in [-0.15, -0.1) is 11.3 Å². The average Bonchev–Trinajstić information content (AvgIpc) is 2.60. The van der Waals surface area contributed by atoms with Crippen molar-refractivity contribution >= 4 is 43.3 Å². The first-order chi connectivity index (χ1) is 12.9. The Bertz CT molecular complexity index is 1110. The van der Waals surface area contributed by atoms with E-state index in [4.69, 9.17) is 4.74 Å². The molecular formula is C22H24N2O2S. The van der Waals surface area contributed by atoms with E-state index in [1.54, 1.807) is 11.3 Å². The van der Waals surface area contributed by atoms with Crippen LogP contribution in [0.5, 0.6) is 5.75 Å². The van der Waals surface area contributed by atoms with E-state index < -0.39 is 0 Å². The van der Waals surface area contributed by atoms with E-state index in [0.29, 0.717) is 0 Å². The molecule has 140 valence electrons. The monoisotopic (exact) mass is 380 g/mol. The lowest BCUT2D eigenvalue weighted by atomic mass is 10.00. The average molecular weight is 381 g/mol. The van der Waals surface area contributed by atoms with Gasteiger partial charge in [-0.2, -0.15) is 0 Å². The van der Waals surface area contributed by atoms with Crippen molar-refractivity contribution in [3.8, 4) is 5.75 Å². The predicted octanol–water partition coefficient (Wildman–Crippen LogP) is 4.57. The molecule has 4 nitrogen and oxygen atoms in total. The number of benzene rings is 2. The standard InChI is InChI=1S/C22H24N2O2S/c1-22(2)10-9-14-17(26-22)13-16(23-11-12-24(3)4)19-20(25)15-7-5-6-8-18(15)27-21(14)19/h5-10,13,23H,11-12H2,1-4H3. The summed E-state index contributed by atoms with van der Waals surface area (Å²) in [6.45, 7) is 5.73. The van der Waals surface area contributed by atoms with Gasteiger partial charge in [0.15, 0.2) is 5.43 Å². The number of hydrogen-bond donors (Lipinski definition) is 1. The van der Waals surface area contributed by atoms with Gasteiger partial charge in [0.1, 0.15) is 11.4 Å². The molecule has 5 heteroatoms. The number of anilines is 1. The molecule has 1 aliphatic rings. The fourth-order valence-corrected chi connectivity index (χ4v) is 4.59. The summed E-state index contributed by atoms with van der Waals surface area (Å²) in [5.74, 6) is 0.827. The molecule has 1 aliphatic heterocycles. The van der Waals surface area contributed by atoms with Crippen molar-refractivity contribution in [3.63, 3.8) is 0 Å². The summed E-state index contributed by atoms with van der Waals surface area (Å²) in [6, 6.07) is 9.81. The van der Waals surface area contributed by atoms with Crippen LogP contribution >= 0.6 is 11.3 Å². The van der Waals surface area contributed by atoms with E-state index >= 15 is 0 Å². The fourth-order valence-electron chi connectivity index (χ4n) is 3.37. The predicted molar refractivity (Wildman–Crippen MR) is 116 cm³/mol. The molecule has 0 saturated heterocycles. The molecule has 2 aromatic carbocycles. The van der Waals surface area contributed by atoms with Crippen molar-refractivity contribution in [1.29, 1.82) is 0 Å². The Kier molecular flexibility index (Phi) is 4.44. The summed E-state index contributed by atoms with van der Waals surface area (Å²) in [5.41, 5.74) is 1.57. The molecule has 0 spiro atoms. The largest absolute Gasteiger partial charge is 0.483 e. The van der Waals surface area contributed by atoms with E-state index in [1.165, 1.54) is 0 Å². The van der Waals surface area contributed by atoms with Crippen molar-refractivity contribution in [2.75, 3.05) is 32.5 Å². The lowest BCUT2D eigenvalue weighted by Crippen LogP contribution is -2.28. The molecule has 0 aliphatic carbocycles. The highest BCUT2D eigenvalue weighted by Gasteiger charge is 2.25. The number of rotatable bonds is 4.